The molecule has 0 amide bonds. The lowest BCUT2D eigenvalue weighted by atomic mass is 9.68. The average Bonchev–Trinajstić information content (AvgIpc) is 2.36. The Bertz CT molecular complexity index is 651. The van der Waals surface area contributed by atoms with E-state index in [2.05, 4.69) is 0 Å². The molecular formula is C15H10ClF3N2. The van der Waals surface area contributed by atoms with E-state index in [0.717, 1.165) is 12.1 Å². The molecule has 108 valence electrons. The van der Waals surface area contributed by atoms with Crippen molar-refractivity contribution in [2.45, 2.75) is 19.0 Å². The van der Waals surface area contributed by atoms with Gasteiger partial charge < -0.3 is 0 Å². The van der Waals surface area contributed by atoms with Crippen molar-refractivity contribution in [2.75, 3.05) is 0 Å². The summed E-state index contributed by atoms with van der Waals surface area (Å²) in [5.74, 6) is -0.217. The number of hydrogen-bond donors (Lipinski definition) is 0. The van der Waals surface area contributed by atoms with Gasteiger partial charge in [-0.3, -0.25) is 0 Å². The monoisotopic (exact) mass is 310 g/mol. The van der Waals surface area contributed by atoms with Crippen molar-refractivity contribution in [1.82, 2.24) is 0 Å². The molecule has 0 radical (unpaired) electrons. The number of rotatable bonds is 3. The van der Waals surface area contributed by atoms with Crippen molar-refractivity contribution in [3.63, 3.8) is 0 Å². The Morgan fingerprint density at radius 2 is 1.86 bits per heavy atom. The second-order valence-electron chi connectivity index (χ2n) is 4.95. The van der Waals surface area contributed by atoms with Gasteiger partial charge in [0.15, 0.2) is 5.41 Å². The highest BCUT2D eigenvalue weighted by Gasteiger charge is 2.41. The molecule has 0 spiro atoms. The summed E-state index contributed by atoms with van der Waals surface area (Å²) in [6.07, 6.45) is -0.237. The van der Waals surface area contributed by atoms with Crippen LogP contribution in [0.25, 0.3) is 0 Å². The molecule has 0 aromatic heterocycles. The van der Waals surface area contributed by atoms with Crippen molar-refractivity contribution in [1.29, 1.82) is 10.5 Å². The first-order valence-corrected chi connectivity index (χ1v) is 6.55. The molecule has 0 saturated heterocycles. The lowest BCUT2D eigenvalue weighted by Crippen LogP contribution is -2.31. The van der Waals surface area contributed by atoms with Crippen LogP contribution in [0.15, 0.2) is 30.4 Å². The highest BCUT2D eigenvalue weighted by atomic mass is 35.5. The normalized spacial score (nSPS) is 17.7. The van der Waals surface area contributed by atoms with Gasteiger partial charge in [-0.05, 0) is 24.1 Å². The Morgan fingerprint density at radius 3 is 2.24 bits per heavy atom. The molecule has 2 rings (SSSR count). The third-order valence-electron chi connectivity index (χ3n) is 3.64. The van der Waals surface area contributed by atoms with Crippen molar-refractivity contribution in [2.24, 2.45) is 11.3 Å². The maximum absolute atomic E-state index is 12.6. The molecule has 1 aliphatic carbocycles. The number of alkyl halides is 3. The van der Waals surface area contributed by atoms with Crippen molar-refractivity contribution in [3.8, 4) is 12.1 Å². The number of nitriles is 2. The maximum atomic E-state index is 12.6. The van der Waals surface area contributed by atoms with E-state index < -0.39 is 17.2 Å². The zero-order valence-electron chi connectivity index (χ0n) is 10.8. The fourth-order valence-electron chi connectivity index (χ4n) is 2.21. The summed E-state index contributed by atoms with van der Waals surface area (Å²) in [5.41, 5.74) is -1.77. The summed E-state index contributed by atoms with van der Waals surface area (Å²) < 4.78 is 37.8. The maximum Gasteiger partial charge on any atom is 0.416 e. The minimum Gasteiger partial charge on any atom is -0.197 e. The summed E-state index contributed by atoms with van der Waals surface area (Å²) >= 11 is 5.88. The second-order valence-corrected chi connectivity index (χ2v) is 5.35. The summed E-state index contributed by atoms with van der Waals surface area (Å²) in [5, 5.41) is 18.6. The molecule has 1 aromatic rings. The van der Waals surface area contributed by atoms with Crippen LogP contribution in [0.4, 0.5) is 13.2 Å². The van der Waals surface area contributed by atoms with Gasteiger partial charge in [0.2, 0.25) is 0 Å². The third-order valence-corrected chi connectivity index (χ3v) is 3.99. The van der Waals surface area contributed by atoms with Crippen LogP contribution in [0, 0.1) is 34.0 Å². The first-order chi connectivity index (χ1) is 9.82. The van der Waals surface area contributed by atoms with Crippen molar-refractivity contribution in [3.05, 3.63) is 46.5 Å². The van der Waals surface area contributed by atoms with Crippen LogP contribution < -0.4 is 0 Å². The van der Waals surface area contributed by atoms with Crippen LogP contribution in [-0.2, 0) is 12.6 Å². The van der Waals surface area contributed by atoms with Gasteiger partial charge in [0.25, 0.3) is 0 Å². The first kappa shape index (κ1) is 15.4. The second kappa shape index (κ2) is 5.42. The average molecular weight is 311 g/mol. The Morgan fingerprint density at radius 1 is 1.24 bits per heavy atom. The molecule has 0 heterocycles. The summed E-state index contributed by atoms with van der Waals surface area (Å²) in [6, 6.07) is 6.96. The van der Waals surface area contributed by atoms with E-state index in [1.807, 2.05) is 18.2 Å². The molecule has 0 aliphatic heterocycles. The lowest BCUT2D eigenvalue weighted by Gasteiger charge is -2.30. The Hall–Kier alpha value is -1.98. The molecule has 21 heavy (non-hydrogen) atoms. The lowest BCUT2D eigenvalue weighted by molar-refractivity contribution is -0.137. The van der Waals surface area contributed by atoms with Crippen LogP contribution in [0.2, 0.25) is 5.02 Å². The largest absolute Gasteiger partial charge is 0.416 e. The Labute approximate surface area is 125 Å². The van der Waals surface area contributed by atoms with E-state index in [0.29, 0.717) is 12.0 Å². The fourth-order valence-corrected chi connectivity index (χ4v) is 2.45. The zero-order valence-corrected chi connectivity index (χ0v) is 11.5. The summed E-state index contributed by atoms with van der Waals surface area (Å²) in [7, 11) is 0. The van der Waals surface area contributed by atoms with Gasteiger partial charge in [-0.15, -0.1) is 0 Å². The highest BCUT2D eigenvalue weighted by molar-refractivity contribution is 6.31. The fraction of sp³-hybridized carbons (Fsp3) is 0.333. The predicted octanol–water partition coefficient (Wildman–Crippen LogP) is 4.51. The highest BCUT2D eigenvalue weighted by Crippen LogP contribution is 2.41. The Kier molecular flexibility index (Phi) is 3.98. The molecule has 1 aliphatic rings. The number of nitrogens with zero attached hydrogens (tertiary/aromatic N) is 2. The first-order valence-electron chi connectivity index (χ1n) is 6.17. The molecule has 0 fully saturated rings. The van der Waals surface area contributed by atoms with E-state index in [1.165, 1.54) is 6.07 Å². The predicted molar refractivity (Wildman–Crippen MR) is 71.1 cm³/mol. The van der Waals surface area contributed by atoms with E-state index in [-0.39, 0.29) is 17.4 Å². The number of halogens is 4. The van der Waals surface area contributed by atoms with Crippen LogP contribution in [-0.4, -0.2) is 0 Å². The standard InChI is InChI=1S/C15H10ClF3N2/c16-13-6-12(15(17,18)19)5-4-10(13)7-14(8-20,9-21)11-2-1-3-11/h1-2,4-6,11H,3,7H2. The Balaban J connectivity index is 2.33. The van der Waals surface area contributed by atoms with Gasteiger partial charge in [0.1, 0.15) is 0 Å². The molecular weight excluding hydrogens is 301 g/mol. The van der Waals surface area contributed by atoms with Crippen molar-refractivity contribution < 1.29 is 13.2 Å². The van der Waals surface area contributed by atoms with Crippen LogP contribution in [0.1, 0.15) is 17.5 Å². The SMILES string of the molecule is N#CC(C#N)(Cc1ccc(C(F)(F)F)cc1Cl)C1C=CC1. The topological polar surface area (TPSA) is 47.6 Å². The molecule has 6 heteroatoms. The quantitative estimate of drug-likeness (QED) is 0.771. The van der Waals surface area contributed by atoms with E-state index in [9.17, 15) is 23.7 Å². The number of hydrogen-bond acceptors (Lipinski definition) is 2. The van der Waals surface area contributed by atoms with Gasteiger partial charge >= 0.3 is 6.18 Å². The van der Waals surface area contributed by atoms with E-state index >= 15 is 0 Å². The molecule has 0 N–H and O–H groups in total. The molecule has 2 nitrogen and oxygen atoms in total. The van der Waals surface area contributed by atoms with Crippen LogP contribution in [0.3, 0.4) is 0 Å². The van der Waals surface area contributed by atoms with Crippen LogP contribution >= 0.6 is 11.6 Å². The van der Waals surface area contributed by atoms with Crippen LogP contribution in [0.5, 0.6) is 0 Å². The number of benzene rings is 1. The summed E-state index contributed by atoms with van der Waals surface area (Å²) in [6.45, 7) is 0. The third kappa shape index (κ3) is 2.89. The van der Waals surface area contributed by atoms with Crippen molar-refractivity contribution >= 4 is 11.6 Å². The van der Waals surface area contributed by atoms with Gasteiger partial charge in [-0.25, -0.2) is 0 Å². The minimum absolute atomic E-state index is 0.00593. The summed E-state index contributed by atoms with van der Waals surface area (Å²) in [4.78, 5) is 0. The van der Waals surface area contributed by atoms with E-state index in [4.69, 9.17) is 11.6 Å². The smallest absolute Gasteiger partial charge is 0.197 e. The molecule has 0 bridgehead atoms. The zero-order chi connectivity index (χ0) is 15.7. The molecule has 0 saturated carbocycles. The van der Waals surface area contributed by atoms with Gasteiger partial charge in [0, 0.05) is 17.4 Å². The van der Waals surface area contributed by atoms with Gasteiger partial charge in [0.05, 0.1) is 17.7 Å². The minimum atomic E-state index is -4.47. The number of allylic oxidation sites excluding steroid dienone is 2. The van der Waals surface area contributed by atoms with Gasteiger partial charge in [-0.1, -0.05) is 29.8 Å². The van der Waals surface area contributed by atoms with E-state index in [1.54, 1.807) is 6.08 Å². The molecule has 1 aromatic carbocycles. The molecule has 1 unspecified atom stereocenters. The molecule has 1 atom stereocenters. The van der Waals surface area contributed by atoms with Gasteiger partial charge in [-0.2, -0.15) is 23.7 Å².